The quantitative estimate of drug-likeness (QED) is 0.665. The molecule has 1 aliphatic carbocycles. The Bertz CT molecular complexity index is 536. The van der Waals surface area contributed by atoms with Crippen molar-refractivity contribution < 1.29 is 9.53 Å². The second kappa shape index (κ2) is 10.4. The number of hydrogen-bond acceptors (Lipinski definition) is 3. The van der Waals surface area contributed by atoms with Crippen LogP contribution in [-0.4, -0.2) is 25.6 Å². The monoisotopic (exact) mass is 359 g/mol. The minimum atomic E-state index is -0.327. The second-order valence-electron chi connectivity index (χ2n) is 8.06. The summed E-state index contributed by atoms with van der Waals surface area (Å²) in [5.41, 5.74) is 6.54. The number of nitrogens with zero attached hydrogens (tertiary/aromatic N) is 1. The number of rotatable bonds is 10. The van der Waals surface area contributed by atoms with Crippen LogP contribution in [0.25, 0.3) is 0 Å². The second-order valence-corrected chi connectivity index (χ2v) is 8.06. The summed E-state index contributed by atoms with van der Waals surface area (Å²) in [6.07, 6.45) is 7.72. The maximum absolute atomic E-state index is 11.4. The normalized spacial score (nSPS) is 15.4. The van der Waals surface area contributed by atoms with Gasteiger partial charge in [0.15, 0.2) is 0 Å². The van der Waals surface area contributed by atoms with Crippen LogP contribution in [0.15, 0.2) is 24.3 Å². The van der Waals surface area contributed by atoms with E-state index in [9.17, 15) is 4.79 Å². The van der Waals surface area contributed by atoms with Crippen molar-refractivity contribution in [1.82, 2.24) is 0 Å². The number of primary amides is 1. The van der Waals surface area contributed by atoms with E-state index in [1.54, 1.807) is 0 Å². The Balaban J connectivity index is 1.94. The molecule has 1 radical (unpaired) electrons. The Morgan fingerprint density at radius 1 is 1.19 bits per heavy atom. The molecule has 0 spiro atoms. The molecule has 0 aliphatic heterocycles. The molecule has 1 aromatic carbocycles. The molecule has 1 saturated carbocycles. The largest absolute Gasteiger partial charge is 0.493 e. The molecule has 1 fully saturated rings. The van der Waals surface area contributed by atoms with E-state index in [1.165, 1.54) is 32.1 Å². The van der Waals surface area contributed by atoms with Crippen LogP contribution in [0, 0.1) is 17.8 Å². The highest BCUT2D eigenvalue weighted by Crippen LogP contribution is 2.26. The van der Waals surface area contributed by atoms with Crippen LogP contribution in [-0.2, 0) is 4.79 Å². The maximum atomic E-state index is 11.4. The minimum Gasteiger partial charge on any atom is -0.493 e. The van der Waals surface area contributed by atoms with E-state index in [0.717, 1.165) is 31.0 Å². The van der Waals surface area contributed by atoms with Gasteiger partial charge in [0.05, 0.1) is 12.5 Å². The van der Waals surface area contributed by atoms with E-state index in [1.807, 2.05) is 19.1 Å². The van der Waals surface area contributed by atoms with Crippen LogP contribution in [0.5, 0.6) is 5.75 Å². The lowest BCUT2D eigenvalue weighted by atomic mass is 9.90. The van der Waals surface area contributed by atoms with Crippen molar-refractivity contribution in [1.29, 1.82) is 0 Å². The van der Waals surface area contributed by atoms with Crippen molar-refractivity contribution >= 4 is 11.6 Å². The number of amides is 1. The van der Waals surface area contributed by atoms with E-state index >= 15 is 0 Å². The zero-order chi connectivity index (χ0) is 18.9. The van der Waals surface area contributed by atoms with Gasteiger partial charge in [-0.2, -0.15) is 0 Å². The fraction of sp³-hybridized carbons (Fsp3) is 0.636. The predicted octanol–water partition coefficient (Wildman–Crippen LogP) is 4.58. The number of hydrogen-bond donors (Lipinski definition) is 1. The lowest BCUT2D eigenvalue weighted by Gasteiger charge is -2.28. The highest BCUT2D eigenvalue weighted by molar-refractivity contribution is 5.88. The van der Waals surface area contributed by atoms with Crippen molar-refractivity contribution in [2.45, 2.75) is 59.3 Å². The maximum Gasteiger partial charge on any atom is 0.226 e. The van der Waals surface area contributed by atoms with Gasteiger partial charge >= 0.3 is 0 Å². The van der Waals surface area contributed by atoms with Crippen molar-refractivity contribution in [2.24, 2.45) is 17.6 Å². The first-order valence-corrected chi connectivity index (χ1v) is 10.1. The van der Waals surface area contributed by atoms with Gasteiger partial charge in [0, 0.05) is 18.8 Å². The molecule has 26 heavy (non-hydrogen) atoms. The molecule has 0 heterocycles. The van der Waals surface area contributed by atoms with Crippen LogP contribution in [0.1, 0.15) is 59.3 Å². The number of nitrogens with two attached hydrogens (primary N) is 1. The molecule has 1 amide bonds. The Morgan fingerprint density at radius 3 is 2.42 bits per heavy atom. The van der Waals surface area contributed by atoms with E-state index in [2.05, 4.69) is 30.9 Å². The topological polar surface area (TPSA) is 55.6 Å². The lowest BCUT2D eigenvalue weighted by molar-refractivity contribution is -0.116. The molecule has 0 bridgehead atoms. The standard InChI is InChI=1S/C22H35N2O2/c1-17(2)13-14-24(15-18(3)22(23)25)20-9-11-21(12-10-20)26-16-19-7-5-4-6-8-19/h9-12,17,19H,4-8,13-16H2,1-3H3,(H2,23,25). The Hall–Kier alpha value is -1.71. The summed E-state index contributed by atoms with van der Waals surface area (Å²) in [5.74, 6) is 2.61. The van der Waals surface area contributed by atoms with Gasteiger partial charge in [-0.05, 0) is 62.3 Å². The number of carbonyl (C=O) groups is 1. The molecule has 0 aromatic heterocycles. The lowest BCUT2D eigenvalue weighted by Crippen LogP contribution is -2.34. The van der Waals surface area contributed by atoms with Gasteiger partial charge in [0.2, 0.25) is 5.91 Å². The number of anilines is 1. The van der Waals surface area contributed by atoms with E-state index in [0.29, 0.717) is 24.3 Å². The Kier molecular flexibility index (Phi) is 8.27. The number of ether oxygens (including phenoxy) is 1. The van der Waals surface area contributed by atoms with Gasteiger partial charge in [-0.1, -0.05) is 33.1 Å². The summed E-state index contributed by atoms with van der Waals surface area (Å²) in [6.45, 7) is 8.54. The third-order valence-electron chi connectivity index (χ3n) is 5.24. The molecule has 4 nitrogen and oxygen atoms in total. The molecular formula is C22H35N2O2. The average Bonchev–Trinajstić information content (AvgIpc) is 2.64. The van der Waals surface area contributed by atoms with Gasteiger partial charge in [-0.3, -0.25) is 4.79 Å². The minimum absolute atomic E-state index is 0.327. The smallest absolute Gasteiger partial charge is 0.226 e. The Labute approximate surface area is 159 Å². The predicted molar refractivity (Wildman–Crippen MR) is 108 cm³/mol. The molecule has 1 aliphatic rings. The highest BCUT2D eigenvalue weighted by atomic mass is 16.5. The summed E-state index contributed by atoms with van der Waals surface area (Å²) in [7, 11) is 0. The molecule has 0 saturated heterocycles. The van der Waals surface area contributed by atoms with E-state index in [4.69, 9.17) is 10.5 Å². The van der Waals surface area contributed by atoms with Crippen molar-refractivity contribution in [2.75, 3.05) is 24.6 Å². The van der Waals surface area contributed by atoms with Crippen LogP contribution < -0.4 is 15.4 Å². The van der Waals surface area contributed by atoms with Crippen molar-refractivity contribution in [3.63, 3.8) is 0 Å². The fourth-order valence-electron chi connectivity index (χ4n) is 3.40. The summed E-state index contributed by atoms with van der Waals surface area (Å²) in [6, 6.07) is 8.26. The van der Waals surface area contributed by atoms with Crippen LogP contribution >= 0.6 is 0 Å². The molecule has 1 aromatic rings. The van der Waals surface area contributed by atoms with Gasteiger partial charge in [-0.15, -0.1) is 0 Å². The van der Waals surface area contributed by atoms with E-state index in [-0.39, 0.29) is 5.91 Å². The first kappa shape index (κ1) is 20.6. The van der Waals surface area contributed by atoms with Gasteiger partial charge in [0.25, 0.3) is 0 Å². The van der Waals surface area contributed by atoms with Crippen molar-refractivity contribution in [3.8, 4) is 5.75 Å². The van der Waals surface area contributed by atoms with Crippen LogP contribution in [0.2, 0.25) is 0 Å². The molecule has 0 unspecified atom stereocenters. The summed E-state index contributed by atoms with van der Waals surface area (Å²) in [4.78, 5) is 13.7. The molecule has 0 atom stereocenters. The Morgan fingerprint density at radius 2 is 1.85 bits per heavy atom. The zero-order valence-corrected chi connectivity index (χ0v) is 16.7. The SMILES string of the molecule is C[C](CN(CCC(C)C)c1ccc(OCC2CCCCC2)cc1)C(N)=O. The molecule has 145 valence electrons. The zero-order valence-electron chi connectivity index (χ0n) is 16.7. The van der Waals surface area contributed by atoms with Gasteiger partial charge in [-0.25, -0.2) is 0 Å². The summed E-state index contributed by atoms with van der Waals surface area (Å²) < 4.78 is 6.00. The highest BCUT2D eigenvalue weighted by Gasteiger charge is 2.17. The molecule has 2 rings (SSSR count). The van der Waals surface area contributed by atoms with Crippen LogP contribution in [0.4, 0.5) is 5.69 Å². The molecule has 4 heteroatoms. The third kappa shape index (κ3) is 6.89. The van der Waals surface area contributed by atoms with Gasteiger partial charge in [0.1, 0.15) is 5.75 Å². The first-order valence-electron chi connectivity index (χ1n) is 10.1. The summed E-state index contributed by atoms with van der Waals surface area (Å²) in [5, 5.41) is 0. The fourth-order valence-corrected chi connectivity index (χ4v) is 3.40. The van der Waals surface area contributed by atoms with Crippen LogP contribution in [0.3, 0.4) is 0 Å². The van der Waals surface area contributed by atoms with Crippen molar-refractivity contribution in [3.05, 3.63) is 30.2 Å². The number of benzene rings is 1. The molecule has 2 N–H and O–H groups in total. The first-order chi connectivity index (χ1) is 12.5. The average molecular weight is 360 g/mol. The molecular weight excluding hydrogens is 324 g/mol. The number of carbonyl (C=O) groups excluding carboxylic acids is 1. The van der Waals surface area contributed by atoms with E-state index < -0.39 is 0 Å². The third-order valence-corrected chi connectivity index (χ3v) is 5.24. The summed E-state index contributed by atoms with van der Waals surface area (Å²) >= 11 is 0. The van der Waals surface area contributed by atoms with Gasteiger partial charge < -0.3 is 15.4 Å².